The van der Waals surface area contributed by atoms with Gasteiger partial charge in [0.1, 0.15) is 0 Å². The molecular formula is C21H26N4O3. The summed E-state index contributed by atoms with van der Waals surface area (Å²) in [6.45, 7) is 4.06. The van der Waals surface area contributed by atoms with Gasteiger partial charge in [0.2, 0.25) is 17.7 Å². The zero-order chi connectivity index (χ0) is 19.5. The molecule has 0 N–H and O–H groups in total. The van der Waals surface area contributed by atoms with Gasteiger partial charge in [0.25, 0.3) is 0 Å². The van der Waals surface area contributed by atoms with E-state index < -0.39 is 0 Å². The number of aryl methyl sites for hydroxylation is 1. The lowest BCUT2D eigenvalue weighted by molar-refractivity contribution is -0.139. The Bertz CT molecular complexity index is 827. The predicted molar refractivity (Wildman–Crippen MR) is 102 cm³/mol. The Morgan fingerprint density at radius 2 is 1.96 bits per heavy atom. The molecule has 4 rings (SSSR count). The average Bonchev–Trinajstić information content (AvgIpc) is 3.28. The van der Waals surface area contributed by atoms with Crippen LogP contribution >= 0.6 is 0 Å². The Hall–Kier alpha value is -2.70. The van der Waals surface area contributed by atoms with Gasteiger partial charge in [-0.15, -0.1) is 0 Å². The SMILES string of the molecule is Cc1nc(CC2CCN(C(=O)CN3C[C@H](c4ccccc4)CC3=O)CC2)no1. The van der Waals surface area contributed by atoms with Crippen LogP contribution in [-0.2, 0) is 16.0 Å². The molecule has 3 heterocycles. The average molecular weight is 382 g/mol. The maximum Gasteiger partial charge on any atom is 0.242 e. The van der Waals surface area contributed by atoms with E-state index in [9.17, 15) is 9.59 Å². The molecule has 7 nitrogen and oxygen atoms in total. The molecule has 7 heteroatoms. The number of likely N-dealkylation sites (tertiary alicyclic amines) is 2. The smallest absolute Gasteiger partial charge is 0.242 e. The van der Waals surface area contributed by atoms with Crippen molar-refractivity contribution < 1.29 is 14.1 Å². The first kappa shape index (κ1) is 18.7. The lowest BCUT2D eigenvalue weighted by Gasteiger charge is -2.32. The Labute approximate surface area is 164 Å². The maximum absolute atomic E-state index is 12.7. The van der Waals surface area contributed by atoms with Crippen molar-refractivity contribution in [1.82, 2.24) is 19.9 Å². The Morgan fingerprint density at radius 1 is 1.21 bits per heavy atom. The summed E-state index contributed by atoms with van der Waals surface area (Å²) in [6, 6.07) is 10.1. The van der Waals surface area contributed by atoms with E-state index in [-0.39, 0.29) is 24.3 Å². The van der Waals surface area contributed by atoms with E-state index >= 15 is 0 Å². The van der Waals surface area contributed by atoms with Crippen LogP contribution in [0, 0.1) is 12.8 Å². The van der Waals surface area contributed by atoms with Gasteiger partial charge in [0.15, 0.2) is 5.82 Å². The van der Waals surface area contributed by atoms with Crippen molar-refractivity contribution in [2.75, 3.05) is 26.2 Å². The summed E-state index contributed by atoms with van der Waals surface area (Å²) in [5.74, 6) is 2.12. The molecule has 0 unspecified atom stereocenters. The number of carbonyl (C=O) groups is 2. The van der Waals surface area contributed by atoms with Gasteiger partial charge in [0, 0.05) is 45.3 Å². The molecule has 2 aliphatic rings. The molecule has 148 valence electrons. The summed E-state index contributed by atoms with van der Waals surface area (Å²) in [5.41, 5.74) is 1.17. The molecule has 2 aliphatic heterocycles. The molecule has 1 aromatic carbocycles. The number of nitrogens with zero attached hydrogens (tertiary/aromatic N) is 4. The molecule has 1 aromatic heterocycles. The number of hydrogen-bond acceptors (Lipinski definition) is 5. The molecule has 0 saturated carbocycles. The molecule has 2 fully saturated rings. The summed E-state index contributed by atoms with van der Waals surface area (Å²) in [6.07, 6.45) is 3.14. The van der Waals surface area contributed by atoms with Crippen LogP contribution < -0.4 is 0 Å². The number of carbonyl (C=O) groups excluding carboxylic acids is 2. The molecule has 28 heavy (non-hydrogen) atoms. The van der Waals surface area contributed by atoms with E-state index in [1.807, 2.05) is 23.1 Å². The predicted octanol–water partition coefficient (Wildman–Crippen LogP) is 2.18. The molecule has 0 radical (unpaired) electrons. The summed E-state index contributed by atoms with van der Waals surface area (Å²) in [5, 5.41) is 3.96. The van der Waals surface area contributed by atoms with Crippen LogP contribution in [0.25, 0.3) is 0 Å². The number of benzene rings is 1. The highest BCUT2D eigenvalue weighted by molar-refractivity contribution is 5.86. The Kier molecular flexibility index (Phi) is 5.41. The molecule has 2 amide bonds. The highest BCUT2D eigenvalue weighted by Crippen LogP contribution is 2.28. The first-order valence-corrected chi connectivity index (χ1v) is 9.98. The minimum Gasteiger partial charge on any atom is -0.341 e. The molecule has 0 spiro atoms. The second-order valence-corrected chi connectivity index (χ2v) is 7.84. The summed E-state index contributed by atoms with van der Waals surface area (Å²) >= 11 is 0. The maximum atomic E-state index is 12.7. The monoisotopic (exact) mass is 382 g/mol. The zero-order valence-electron chi connectivity index (χ0n) is 16.2. The number of amides is 2. The van der Waals surface area contributed by atoms with Crippen molar-refractivity contribution in [3.05, 3.63) is 47.6 Å². The van der Waals surface area contributed by atoms with Crippen molar-refractivity contribution in [3.63, 3.8) is 0 Å². The van der Waals surface area contributed by atoms with E-state index in [1.165, 1.54) is 5.56 Å². The molecule has 0 aliphatic carbocycles. The fraction of sp³-hybridized carbons (Fsp3) is 0.524. The standard InChI is InChI=1S/C21H26N4O3/c1-15-22-19(23-28-15)11-16-7-9-24(10-8-16)21(27)14-25-13-18(12-20(25)26)17-5-3-2-4-6-17/h2-6,16,18H,7-14H2,1H3/t18-/m1/s1. The summed E-state index contributed by atoms with van der Waals surface area (Å²) in [4.78, 5) is 32.9. The normalized spacial score (nSPS) is 20.8. The highest BCUT2D eigenvalue weighted by Gasteiger charge is 2.33. The minimum absolute atomic E-state index is 0.0518. The van der Waals surface area contributed by atoms with Crippen molar-refractivity contribution >= 4 is 11.8 Å². The van der Waals surface area contributed by atoms with Gasteiger partial charge < -0.3 is 14.3 Å². The number of rotatable bonds is 5. The van der Waals surface area contributed by atoms with Crippen LogP contribution in [0.4, 0.5) is 0 Å². The van der Waals surface area contributed by atoms with Crippen LogP contribution in [0.2, 0.25) is 0 Å². The van der Waals surface area contributed by atoms with Gasteiger partial charge in [-0.1, -0.05) is 35.5 Å². The minimum atomic E-state index is 0.0518. The topological polar surface area (TPSA) is 79.5 Å². The fourth-order valence-corrected chi connectivity index (χ4v) is 4.21. The Balaban J connectivity index is 1.26. The van der Waals surface area contributed by atoms with Crippen LogP contribution in [0.1, 0.15) is 42.5 Å². The molecule has 2 saturated heterocycles. The van der Waals surface area contributed by atoms with E-state index in [0.717, 1.165) is 38.2 Å². The second-order valence-electron chi connectivity index (χ2n) is 7.84. The van der Waals surface area contributed by atoms with E-state index in [1.54, 1.807) is 11.8 Å². The largest absolute Gasteiger partial charge is 0.341 e. The van der Waals surface area contributed by atoms with Crippen LogP contribution in [0.3, 0.4) is 0 Å². The van der Waals surface area contributed by atoms with Gasteiger partial charge in [-0.3, -0.25) is 9.59 Å². The lowest BCUT2D eigenvalue weighted by Crippen LogP contribution is -2.44. The molecular weight excluding hydrogens is 356 g/mol. The van der Waals surface area contributed by atoms with Crippen LogP contribution in [-0.4, -0.2) is 57.9 Å². The second kappa shape index (κ2) is 8.12. The van der Waals surface area contributed by atoms with Crippen LogP contribution in [0.15, 0.2) is 34.9 Å². The first-order chi connectivity index (χ1) is 13.6. The lowest BCUT2D eigenvalue weighted by atomic mass is 9.93. The molecule has 0 bridgehead atoms. The highest BCUT2D eigenvalue weighted by atomic mass is 16.5. The number of hydrogen-bond donors (Lipinski definition) is 0. The Morgan fingerprint density at radius 3 is 2.64 bits per heavy atom. The summed E-state index contributed by atoms with van der Waals surface area (Å²) < 4.78 is 5.03. The molecule has 2 aromatic rings. The molecule has 1 atom stereocenters. The van der Waals surface area contributed by atoms with Gasteiger partial charge in [-0.25, -0.2) is 0 Å². The summed E-state index contributed by atoms with van der Waals surface area (Å²) in [7, 11) is 0. The third kappa shape index (κ3) is 4.24. The van der Waals surface area contributed by atoms with E-state index in [0.29, 0.717) is 24.8 Å². The van der Waals surface area contributed by atoms with Gasteiger partial charge in [-0.2, -0.15) is 4.98 Å². The van der Waals surface area contributed by atoms with Gasteiger partial charge in [-0.05, 0) is 24.3 Å². The van der Waals surface area contributed by atoms with E-state index in [2.05, 4.69) is 22.3 Å². The zero-order valence-corrected chi connectivity index (χ0v) is 16.2. The third-order valence-electron chi connectivity index (χ3n) is 5.82. The number of aromatic nitrogens is 2. The first-order valence-electron chi connectivity index (χ1n) is 9.98. The van der Waals surface area contributed by atoms with Gasteiger partial charge in [0.05, 0.1) is 6.54 Å². The van der Waals surface area contributed by atoms with Crippen molar-refractivity contribution in [2.24, 2.45) is 5.92 Å². The number of piperidine rings is 1. The van der Waals surface area contributed by atoms with Crippen molar-refractivity contribution in [2.45, 2.75) is 38.5 Å². The fourth-order valence-electron chi connectivity index (χ4n) is 4.21. The van der Waals surface area contributed by atoms with Crippen molar-refractivity contribution in [1.29, 1.82) is 0 Å². The third-order valence-corrected chi connectivity index (χ3v) is 5.82. The van der Waals surface area contributed by atoms with Crippen molar-refractivity contribution in [3.8, 4) is 0 Å². The quantitative estimate of drug-likeness (QED) is 0.792. The van der Waals surface area contributed by atoms with E-state index in [4.69, 9.17) is 4.52 Å². The van der Waals surface area contributed by atoms with Gasteiger partial charge >= 0.3 is 0 Å². The van der Waals surface area contributed by atoms with Crippen LogP contribution in [0.5, 0.6) is 0 Å².